The van der Waals surface area contributed by atoms with Crippen LogP contribution in [0.1, 0.15) is 24.5 Å². The van der Waals surface area contributed by atoms with E-state index in [-0.39, 0.29) is 6.61 Å². The summed E-state index contributed by atoms with van der Waals surface area (Å²) in [7, 11) is 0. The van der Waals surface area contributed by atoms with Crippen LogP contribution >= 0.6 is 0 Å². The lowest BCUT2D eigenvalue weighted by atomic mass is 10.0. The second-order valence-electron chi connectivity index (χ2n) is 5.05. The number of aliphatic hydroxyl groups excluding tert-OH is 1. The smallest absolute Gasteiger partial charge is 0.0446 e. The molecule has 1 atom stereocenters. The van der Waals surface area contributed by atoms with Gasteiger partial charge < -0.3 is 15.3 Å². The van der Waals surface area contributed by atoms with Crippen molar-refractivity contribution < 1.29 is 5.11 Å². The molecule has 1 aliphatic heterocycles. The zero-order valence-corrected chi connectivity index (χ0v) is 11.4. The number of rotatable bonds is 4. The van der Waals surface area contributed by atoms with Crippen LogP contribution in [0.4, 0.5) is 5.69 Å². The molecule has 1 heterocycles. The van der Waals surface area contributed by atoms with Crippen LogP contribution in [0.25, 0.3) is 0 Å². The van der Waals surface area contributed by atoms with Crippen LogP contribution in [0.5, 0.6) is 0 Å². The molecular formula is C15H24N2O. The van der Waals surface area contributed by atoms with E-state index in [2.05, 4.69) is 42.3 Å². The van der Waals surface area contributed by atoms with E-state index in [1.54, 1.807) is 0 Å². The molecule has 0 amide bonds. The minimum atomic E-state index is 0.264. The van der Waals surface area contributed by atoms with Crippen LogP contribution in [0, 0.1) is 6.92 Å². The predicted molar refractivity (Wildman–Crippen MR) is 76.3 cm³/mol. The zero-order chi connectivity index (χ0) is 13.0. The summed E-state index contributed by atoms with van der Waals surface area (Å²) in [4.78, 5) is 2.48. The van der Waals surface area contributed by atoms with Crippen molar-refractivity contribution in [3.63, 3.8) is 0 Å². The molecule has 2 N–H and O–H groups in total. The standard InChI is InChI=1S/C15H24N2O/c1-3-13-6-4-5-12(2)15(13)17-9-8-16-14(11-17)7-10-18/h4-6,14,16,18H,3,7-11H2,1-2H3. The predicted octanol–water partition coefficient (Wildman–Crippen LogP) is 1.72. The molecule has 18 heavy (non-hydrogen) atoms. The molecule has 1 aromatic rings. The maximum atomic E-state index is 9.07. The number of hydrogen-bond donors (Lipinski definition) is 2. The van der Waals surface area contributed by atoms with Crippen molar-refractivity contribution in [3.8, 4) is 0 Å². The third-order valence-corrected chi connectivity index (χ3v) is 3.75. The molecule has 0 radical (unpaired) electrons. The number of para-hydroxylation sites is 1. The largest absolute Gasteiger partial charge is 0.396 e. The highest BCUT2D eigenvalue weighted by Gasteiger charge is 2.21. The van der Waals surface area contributed by atoms with Gasteiger partial charge in [0.1, 0.15) is 0 Å². The van der Waals surface area contributed by atoms with E-state index in [0.717, 1.165) is 32.5 Å². The van der Waals surface area contributed by atoms with Crippen LogP contribution in [0.15, 0.2) is 18.2 Å². The molecule has 2 rings (SSSR count). The lowest BCUT2D eigenvalue weighted by molar-refractivity contribution is 0.260. The van der Waals surface area contributed by atoms with Crippen LogP contribution in [-0.4, -0.2) is 37.4 Å². The highest BCUT2D eigenvalue weighted by atomic mass is 16.3. The van der Waals surface area contributed by atoms with E-state index in [1.165, 1.54) is 16.8 Å². The second kappa shape index (κ2) is 6.21. The third kappa shape index (κ3) is 2.85. The Balaban J connectivity index is 2.20. The Kier molecular flexibility index (Phi) is 4.61. The first-order valence-corrected chi connectivity index (χ1v) is 6.94. The normalized spacial score (nSPS) is 20.2. The summed E-state index contributed by atoms with van der Waals surface area (Å²) in [6, 6.07) is 6.97. The Hall–Kier alpha value is -1.06. The molecule has 1 aromatic carbocycles. The van der Waals surface area contributed by atoms with Crippen molar-refractivity contribution in [2.45, 2.75) is 32.7 Å². The van der Waals surface area contributed by atoms with Crippen LogP contribution in [0.3, 0.4) is 0 Å². The minimum Gasteiger partial charge on any atom is -0.396 e. The summed E-state index contributed by atoms with van der Waals surface area (Å²) in [5.74, 6) is 0. The first kappa shape index (κ1) is 13.4. The SMILES string of the molecule is CCc1cccc(C)c1N1CCNC(CCO)C1. The Morgan fingerprint density at radius 2 is 2.28 bits per heavy atom. The molecule has 3 heteroatoms. The molecule has 0 saturated carbocycles. The number of aliphatic hydroxyl groups is 1. The summed E-state index contributed by atoms with van der Waals surface area (Å²) in [6.45, 7) is 7.73. The molecule has 0 bridgehead atoms. The van der Waals surface area contributed by atoms with E-state index >= 15 is 0 Å². The quantitative estimate of drug-likeness (QED) is 0.851. The molecular weight excluding hydrogens is 224 g/mol. The van der Waals surface area contributed by atoms with Gasteiger partial charge in [-0.2, -0.15) is 0 Å². The van der Waals surface area contributed by atoms with Gasteiger partial charge in [-0.1, -0.05) is 25.1 Å². The van der Waals surface area contributed by atoms with Gasteiger partial charge in [0.25, 0.3) is 0 Å². The molecule has 1 saturated heterocycles. The van der Waals surface area contributed by atoms with Crippen LogP contribution < -0.4 is 10.2 Å². The summed E-state index contributed by atoms with van der Waals surface area (Å²) < 4.78 is 0. The summed E-state index contributed by atoms with van der Waals surface area (Å²) in [5, 5.41) is 12.5. The van der Waals surface area contributed by atoms with Crippen LogP contribution in [-0.2, 0) is 6.42 Å². The lowest BCUT2D eigenvalue weighted by Crippen LogP contribution is -2.51. The fourth-order valence-electron chi connectivity index (χ4n) is 2.84. The fourth-order valence-corrected chi connectivity index (χ4v) is 2.84. The van der Waals surface area contributed by atoms with Gasteiger partial charge in [0.05, 0.1) is 0 Å². The number of nitrogens with zero attached hydrogens (tertiary/aromatic N) is 1. The van der Waals surface area contributed by atoms with Crippen molar-refractivity contribution in [1.29, 1.82) is 0 Å². The summed E-state index contributed by atoms with van der Waals surface area (Å²) in [6.07, 6.45) is 1.91. The number of piperazine rings is 1. The van der Waals surface area contributed by atoms with Crippen molar-refractivity contribution in [3.05, 3.63) is 29.3 Å². The number of hydrogen-bond acceptors (Lipinski definition) is 3. The van der Waals surface area contributed by atoms with Gasteiger partial charge in [-0.15, -0.1) is 0 Å². The molecule has 1 aliphatic rings. The van der Waals surface area contributed by atoms with Gasteiger partial charge >= 0.3 is 0 Å². The maximum Gasteiger partial charge on any atom is 0.0446 e. The highest BCUT2D eigenvalue weighted by molar-refractivity contribution is 5.59. The average Bonchev–Trinajstić information content (AvgIpc) is 2.39. The van der Waals surface area contributed by atoms with Crippen molar-refractivity contribution in [2.75, 3.05) is 31.1 Å². The highest BCUT2D eigenvalue weighted by Crippen LogP contribution is 2.26. The molecule has 0 aliphatic carbocycles. The van der Waals surface area contributed by atoms with Crippen LogP contribution in [0.2, 0.25) is 0 Å². The first-order valence-electron chi connectivity index (χ1n) is 6.94. The number of benzene rings is 1. The zero-order valence-electron chi connectivity index (χ0n) is 11.4. The molecule has 3 nitrogen and oxygen atoms in total. The van der Waals surface area contributed by atoms with E-state index in [1.807, 2.05) is 0 Å². The summed E-state index contributed by atoms with van der Waals surface area (Å²) >= 11 is 0. The summed E-state index contributed by atoms with van der Waals surface area (Å²) in [5.41, 5.74) is 4.20. The van der Waals surface area contributed by atoms with Crippen molar-refractivity contribution >= 4 is 5.69 Å². The topological polar surface area (TPSA) is 35.5 Å². The molecule has 1 unspecified atom stereocenters. The van der Waals surface area contributed by atoms with Gasteiger partial charge in [0.2, 0.25) is 0 Å². The third-order valence-electron chi connectivity index (χ3n) is 3.75. The lowest BCUT2D eigenvalue weighted by Gasteiger charge is -2.37. The number of anilines is 1. The fraction of sp³-hybridized carbons (Fsp3) is 0.600. The molecule has 100 valence electrons. The molecule has 0 spiro atoms. The average molecular weight is 248 g/mol. The van der Waals surface area contributed by atoms with Gasteiger partial charge in [-0.05, 0) is 30.9 Å². The second-order valence-corrected chi connectivity index (χ2v) is 5.05. The Morgan fingerprint density at radius 3 is 3.00 bits per heavy atom. The first-order chi connectivity index (χ1) is 8.76. The Morgan fingerprint density at radius 1 is 1.44 bits per heavy atom. The minimum absolute atomic E-state index is 0.264. The van der Waals surface area contributed by atoms with Crippen molar-refractivity contribution in [1.82, 2.24) is 5.32 Å². The number of aryl methyl sites for hydroxylation is 2. The van der Waals surface area contributed by atoms with Crippen molar-refractivity contribution in [2.24, 2.45) is 0 Å². The van der Waals surface area contributed by atoms with Gasteiger partial charge in [0, 0.05) is 38.0 Å². The van der Waals surface area contributed by atoms with E-state index in [0.29, 0.717) is 6.04 Å². The maximum absolute atomic E-state index is 9.07. The Bertz CT molecular complexity index is 390. The van der Waals surface area contributed by atoms with Gasteiger partial charge in [-0.3, -0.25) is 0 Å². The van der Waals surface area contributed by atoms with Gasteiger partial charge in [0.15, 0.2) is 0 Å². The monoisotopic (exact) mass is 248 g/mol. The van der Waals surface area contributed by atoms with E-state index in [9.17, 15) is 0 Å². The molecule has 0 aromatic heterocycles. The van der Waals surface area contributed by atoms with E-state index in [4.69, 9.17) is 5.11 Å². The Labute approximate surface area is 110 Å². The molecule has 1 fully saturated rings. The van der Waals surface area contributed by atoms with E-state index < -0.39 is 0 Å². The van der Waals surface area contributed by atoms with Gasteiger partial charge in [-0.25, -0.2) is 0 Å². The number of nitrogens with one attached hydrogen (secondary N) is 1.